The zero-order valence-corrected chi connectivity index (χ0v) is 26.9. The van der Waals surface area contributed by atoms with E-state index in [2.05, 4.69) is 0 Å². The first-order valence-electron chi connectivity index (χ1n) is 15.5. The molecule has 0 aliphatic carbocycles. The largest absolute Gasteiger partial charge is 0.491 e. The molecule has 0 spiro atoms. The Balaban J connectivity index is 1.74. The highest BCUT2D eigenvalue weighted by Gasteiger charge is 2.22. The lowest BCUT2D eigenvalue weighted by Crippen LogP contribution is -2.35. The molecule has 4 unspecified atom stereocenters. The lowest BCUT2D eigenvalue weighted by atomic mass is 10.1. The second-order valence-corrected chi connectivity index (χ2v) is 11.7. The van der Waals surface area contributed by atoms with E-state index in [1.165, 1.54) is 0 Å². The Labute approximate surface area is 270 Å². The molecule has 0 saturated heterocycles. The Morgan fingerprint density at radius 1 is 0.587 bits per heavy atom. The zero-order chi connectivity index (χ0) is 33.1. The van der Waals surface area contributed by atoms with E-state index < -0.39 is 24.4 Å². The molecule has 3 aromatic carbocycles. The second kappa shape index (κ2) is 16.9. The Bertz CT molecular complexity index is 1480. The van der Waals surface area contributed by atoms with Crippen LogP contribution in [-0.4, -0.2) is 86.1 Å². The van der Waals surface area contributed by atoms with Gasteiger partial charge in [-0.2, -0.15) is 15.0 Å². The molecule has 0 radical (unpaired) electrons. The van der Waals surface area contributed by atoms with E-state index in [1.54, 1.807) is 27.7 Å². The maximum Gasteiger partial charge on any atom is 0.231 e. The van der Waals surface area contributed by atoms with Crippen molar-refractivity contribution >= 4 is 11.9 Å². The summed E-state index contributed by atoms with van der Waals surface area (Å²) in [6, 6.07) is 24.7. The van der Waals surface area contributed by atoms with Crippen LogP contribution in [0, 0.1) is 0 Å². The third-order valence-electron chi connectivity index (χ3n) is 6.78. The average Bonchev–Trinajstić information content (AvgIpc) is 3.03. The van der Waals surface area contributed by atoms with Crippen molar-refractivity contribution in [1.29, 1.82) is 0 Å². The van der Waals surface area contributed by atoms with Gasteiger partial charge in [-0.25, -0.2) is 0 Å². The smallest absolute Gasteiger partial charge is 0.231 e. The van der Waals surface area contributed by atoms with Crippen LogP contribution in [0.2, 0.25) is 0 Å². The van der Waals surface area contributed by atoms with E-state index in [1.807, 2.05) is 88.7 Å². The van der Waals surface area contributed by atoms with Crippen molar-refractivity contribution in [2.75, 3.05) is 36.1 Å². The highest BCUT2D eigenvalue weighted by atomic mass is 16.5. The summed E-state index contributed by atoms with van der Waals surface area (Å²) >= 11 is 0. The molecule has 0 fully saturated rings. The SMILES string of the molecule is CC(O)COc1ccc(CN(CC(C)O)c2nc(-c3ccccc3)nc(N(Cc3ccccc3OCC(C)O)CC(C)O)n2)cc1. The Morgan fingerprint density at radius 3 is 1.72 bits per heavy atom. The fourth-order valence-corrected chi connectivity index (χ4v) is 4.74. The molecule has 11 nitrogen and oxygen atoms in total. The first kappa shape index (κ1) is 34.6. The number of aliphatic hydroxyl groups is 4. The highest BCUT2D eigenvalue weighted by molar-refractivity contribution is 5.59. The number of hydrogen-bond donors (Lipinski definition) is 4. The number of aliphatic hydroxyl groups excluding tert-OH is 4. The molecule has 0 aliphatic rings. The first-order valence-corrected chi connectivity index (χ1v) is 15.5. The summed E-state index contributed by atoms with van der Waals surface area (Å²) in [5.74, 6) is 2.44. The minimum atomic E-state index is -0.700. The fraction of sp³-hybridized carbons (Fsp3) is 0.400. The number of nitrogens with zero attached hydrogens (tertiary/aromatic N) is 5. The molecule has 0 saturated carbocycles. The van der Waals surface area contributed by atoms with E-state index in [-0.39, 0.29) is 26.3 Å². The van der Waals surface area contributed by atoms with Crippen LogP contribution in [0.1, 0.15) is 38.8 Å². The Kier molecular flexibility index (Phi) is 12.7. The Hall–Kier alpha value is -4.29. The molecule has 0 aliphatic heterocycles. The molecule has 4 aromatic rings. The Morgan fingerprint density at radius 2 is 1.13 bits per heavy atom. The summed E-state index contributed by atoms with van der Waals surface area (Å²) < 4.78 is 11.5. The molecule has 4 N–H and O–H groups in total. The minimum absolute atomic E-state index is 0.142. The molecule has 0 bridgehead atoms. The van der Waals surface area contributed by atoms with Gasteiger partial charge in [0.05, 0.1) is 24.4 Å². The summed E-state index contributed by atoms with van der Waals surface area (Å²) in [6.07, 6.45) is -2.58. The highest BCUT2D eigenvalue weighted by Crippen LogP contribution is 2.27. The van der Waals surface area contributed by atoms with E-state index in [4.69, 9.17) is 24.4 Å². The van der Waals surface area contributed by atoms with Crippen molar-refractivity contribution < 1.29 is 29.9 Å². The third kappa shape index (κ3) is 10.7. The maximum absolute atomic E-state index is 10.5. The van der Waals surface area contributed by atoms with Crippen LogP contribution in [0.4, 0.5) is 11.9 Å². The van der Waals surface area contributed by atoms with Gasteiger partial charge >= 0.3 is 0 Å². The van der Waals surface area contributed by atoms with E-state index >= 15 is 0 Å². The van der Waals surface area contributed by atoms with E-state index in [0.717, 1.165) is 16.7 Å². The fourth-order valence-electron chi connectivity index (χ4n) is 4.74. The van der Waals surface area contributed by atoms with Gasteiger partial charge in [0.15, 0.2) is 5.82 Å². The van der Waals surface area contributed by atoms with Crippen LogP contribution in [0.5, 0.6) is 11.5 Å². The van der Waals surface area contributed by atoms with E-state index in [0.29, 0.717) is 42.3 Å². The lowest BCUT2D eigenvalue weighted by Gasteiger charge is -2.28. The minimum Gasteiger partial charge on any atom is -0.491 e. The zero-order valence-electron chi connectivity index (χ0n) is 26.9. The van der Waals surface area contributed by atoms with Crippen molar-refractivity contribution in [2.24, 2.45) is 0 Å². The lowest BCUT2D eigenvalue weighted by molar-refractivity contribution is 0.122. The van der Waals surface area contributed by atoms with Gasteiger partial charge < -0.3 is 39.7 Å². The molecule has 0 amide bonds. The molecular formula is C35H45N5O6. The summed E-state index contributed by atoms with van der Waals surface area (Å²) in [6.45, 7) is 8.29. The van der Waals surface area contributed by atoms with Crippen LogP contribution in [0.3, 0.4) is 0 Å². The summed E-state index contributed by atoms with van der Waals surface area (Å²) in [5.41, 5.74) is 2.57. The predicted molar refractivity (Wildman–Crippen MR) is 178 cm³/mol. The maximum atomic E-state index is 10.5. The van der Waals surface area contributed by atoms with Crippen molar-refractivity contribution in [1.82, 2.24) is 15.0 Å². The predicted octanol–water partition coefficient (Wildman–Crippen LogP) is 3.83. The van der Waals surface area contributed by atoms with Crippen LogP contribution in [0.15, 0.2) is 78.9 Å². The number of para-hydroxylation sites is 1. The molecular weight excluding hydrogens is 586 g/mol. The standard InChI is InChI=1S/C35H45N5O6/c1-24(41)18-39(20-28-14-16-31(17-15-28)45-22-26(3)43)34-36-33(29-10-6-5-7-11-29)37-35(38-34)40(19-25(2)42)21-30-12-8-9-13-32(30)46-23-27(4)44/h5-17,24-27,41-44H,18-23H2,1-4H3. The van der Waals surface area contributed by atoms with Gasteiger partial charge in [-0.1, -0.05) is 60.7 Å². The molecule has 46 heavy (non-hydrogen) atoms. The quantitative estimate of drug-likeness (QED) is 0.135. The van der Waals surface area contributed by atoms with Gasteiger partial charge in [0.2, 0.25) is 11.9 Å². The molecule has 1 heterocycles. The normalized spacial score (nSPS) is 13.8. The van der Waals surface area contributed by atoms with Gasteiger partial charge in [0.1, 0.15) is 24.7 Å². The summed E-state index contributed by atoms with van der Waals surface area (Å²) in [7, 11) is 0. The third-order valence-corrected chi connectivity index (χ3v) is 6.78. The molecule has 4 rings (SSSR count). The first-order chi connectivity index (χ1) is 22.1. The van der Waals surface area contributed by atoms with Gasteiger partial charge in [-0.05, 0) is 51.5 Å². The van der Waals surface area contributed by atoms with Gasteiger partial charge in [-0.15, -0.1) is 0 Å². The summed E-state index contributed by atoms with van der Waals surface area (Å²) in [4.78, 5) is 18.4. The number of benzene rings is 3. The van der Waals surface area contributed by atoms with Crippen molar-refractivity contribution in [3.05, 3.63) is 90.0 Å². The van der Waals surface area contributed by atoms with Crippen LogP contribution >= 0.6 is 0 Å². The number of hydrogen-bond acceptors (Lipinski definition) is 11. The second-order valence-electron chi connectivity index (χ2n) is 11.7. The number of rotatable bonds is 17. The number of aromatic nitrogens is 3. The van der Waals surface area contributed by atoms with Crippen molar-refractivity contribution in [3.63, 3.8) is 0 Å². The molecule has 4 atom stereocenters. The molecule has 1 aromatic heterocycles. The van der Waals surface area contributed by atoms with Gasteiger partial charge in [0.25, 0.3) is 0 Å². The van der Waals surface area contributed by atoms with E-state index in [9.17, 15) is 20.4 Å². The number of anilines is 2. The number of ether oxygens (including phenoxy) is 2. The molecule has 246 valence electrons. The summed E-state index contributed by atoms with van der Waals surface area (Å²) in [5, 5.41) is 40.4. The van der Waals surface area contributed by atoms with Crippen molar-refractivity contribution in [2.45, 2.75) is 65.2 Å². The van der Waals surface area contributed by atoms with Crippen LogP contribution in [-0.2, 0) is 13.1 Å². The van der Waals surface area contributed by atoms with Crippen LogP contribution in [0.25, 0.3) is 11.4 Å². The van der Waals surface area contributed by atoms with Crippen LogP contribution < -0.4 is 19.3 Å². The topological polar surface area (TPSA) is 145 Å². The monoisotopic (exact) mass is 631 g/mol. The molecule has 11 heteroatoms. The van der Waals surface area contributed by atoms with Gasteiger partial charge in [0, 0.05) is 37.3 Å². The van der Waals surface area contributed by atoms with Crippen molar-refractivity contribution in [3.8, 4) is 22.9 Å². The van der Waals surface area contributed by atoms with Gasteiger partial charge in [-0.3, -0.25) is 0 Å². The average molecular weight is 632 g/mol.